The van der Waals surface area contributed by atoms with Crippen molar-refractivity contribution in [2.45, 2.75) is 25.5 Å². The zero-order chi connectivity index (χ0) is 22.6. The smallest absolute Gasteiger partial charge is 0.410 e. The van der Waals surface area contributed by atoms with E-state index < -0.39 is 12.1 Å². The minimum Gasteiger partial charge on any atom is -0.445 e. The molecule has 6 nitrogen and oxygen atoms in total. The lowest BCUT2D eigenvalue weighted by Gasteiger charge is -2.23. The van der Waals surface area contributed by atoms with Crippen molar-refractivity contribution in [2.24, 2.45) is 0 Å². The number of anilines is 1. The van der Waals surface area contributed by atoms with E-state index in [1.807, 2.05) is 66.9 Å². The lowest BCUT2D eigenvalue weighted by atomic mass is 10.0. The Morgan fingerprint density at radius 1 is 0.970 bits per heavy atom. The molecular formula is C27H25N3O3. The van der Waals surface area contributed by atoms with E-state index >= 15 is 0 Å². The molecule has 1 aliphatic rings. The molecule has 2 N–H and O–H groups in total. The Labute approximate surface area is 192 Å². The molecule has 0 saturated carbocycles. The summed E-state index contributed by atoms with van der Waals surface area (Å²) in [6.07, 6.45) is 2.86. The average Bonchev–Trinajstić information content (AvgIpc) is 3.53. The largest absolute Gasteiger partial charge is 0.445 e. The van der Waals surface area contributed by atoms with Gasteiger partial charge in [0.2, 0.25) is 5.91 Å². The van der Waals surface area contributed by atoms with E-state index in [9.17, 15) is 9.59 Å². The summed E-state index contributed by atoms with van der Waals surface area (Å²) in [5, 5.41) is 4.14. The second kappa shape index (κ2) is 9.20. The van der Waals surface area contributed by atoms with Gasteiger partial charge in [0, 0.05) is 23.9 Å². The van der Waals surface area contributed by atoms with Gasteiger partial charge < -0.3 is 15.0 Å². The summed E-state index contributed by atoms with van der Waals surface area (Å²) in [5.74, 6) is -0.193. The number of carbonyl (C=O) groups is 2. The van der Waals surface area contributed by atoms with Crippen LogP contribution in [-0.2, 0) is 16.1 Å². The molecule has 1 atom stereocenters. The topological polar surface area (TPSA) is 74.4 Å². The number of ether oxygens (including phenoxy) is 1. The zero-order valence-electron chi connectivity index (χ0n) is 18.2. The summed E-state index contributed by atoms with van der Waals surface area (Å²) in [6, 6.07) is 25.0. The normalized spacial score (nSPS) is 15.5. The fraction of sp³-hybridized carbons (Fsp3) is 0.185. The maximum Gasteiger partial charge on any atom is 0.410 e. The second-order valence-electron chi connectivity index (χ2n) is 8.24. The van der Waals surface area contributed by atoms with E-state index in [0.29, 0.717) is 18.7 Å². The van der Waals surface area contributed by atoms with Gasteiger partial charge in [0.05, 0.1) is 0 Å². The first kappa shape index (κ1) is 20.8. The lowest BCUT2D eigenvalue weighted by molar-refractivity contribution is -0.120. The van der Waals surface area contributed by atoms with Crippen LogP contribution in [0.4, 0.5) is 10.5 Å². The van der Waals surface area contributed by atoms with Gasteiger partial charge >= 0.3 is 6.09 Å². The van der Waals surface area contributed by atoms with Crippen LogP contribution in [-0.4, -0.2) is 34.5 Å². The summed E-state index contributed by atoms with van der Waals surface area (Å²) in [4.78, 5) is 30.4. The first-order chi connectivity index (χ1) is 16.2. The maximum atomic E-state index is 13.0. The Bertz CT molecular complexity index is 1280. The van der Waals surface area contributed by atoms with Crippen LogP contribution in [0.3, 0.4) is 0 Å². The van der Waals surface area contributed by atoms with Gasteiger partial charge in [-0.1, -0.05) is 54.6 Å². The number of hydrogen-bond donors (Lipinski definition) is 2. The third kappa shape index (κ3) is 4.60. The molecule has 0 unspecified atom stereocenters. The summed E-state index contributed by atoms with van der Waals surface area (Å²) in [7, 11) is 0. The fourth-order valence-corrected chi connectivity index (χ4v) is 4.29. The van der Waals surface area contributed by atoms with Gasteiger partial charge in [-0.05, 0) is 59.2 Å². The molecule has 6 heteroatoms. The molecule has 1 saturated heterocycles. The highest BCUT2D eigenvalue weighted by Gasteiger charge is 2.35. The number of rotatable bonds is 5. The predicted molar refractivity (Wildman–Crippen MR) is 129 cm³/mol. The molecule has 0 radical (unpaired) electrons. The van der Waals surface area contributed by atoms with Crippen molar-refractivity contribution in [2.75, 3.05) is 11.9 Å². The number of carbonyl (C=O) groups excluding carboxylic acids is 2. The number of amides is 2. The molecule has 33 heavy (non-hydrogen) atoms. The average molecular weight is 440 g/mol. The molecule has 1 fully saturated rings. The molecule has 0 bridgehead atoms. The molecule has 2 heterocycles. The Hall–Kier alpha value is -4.06. The summed E-state index contributed by atoms with van der Waals surface area (Å²) >= 11 is 0. The minimum absolute atomic E-state index is 0.192. The van der Waals surface area contributed by atoms with Crippen LogP contribution in [0.2, 0.25) is 0 Å². The van der Waals surface area contributed by atoms with E-state index in [0.717, 1.165) is 34.0 Å². The molecule has 0 spiro atoms. The first-order valence-corrected chi connectivity index (χ1v) is 11.1. The number of hydrogen-bond acceptors (Lipinski definition) is 3. The van der Waals surface area contributed by atoms with Crippen molar-refractivity contribution in [3.8, 4) is 11.1 Å². The SMILES string of the molecule is O=C(Nc1cccc(-c2ccc3cc[nH]c3c2)c1)[C@@H]1CCCN1C(=O)OCc1ccccc1. The lowest BCUT2D eigenvalue weighted by Crippen LogP contribution is -2.43. The number of H-pyrrole nitrogens is 1. The van der Waals surface area contributed by atoms with Gasteiger partial charge in [0.15, 0.2) is 0 Å². The van der Waals surface area contributed by atoms with Crippen LogP contribution in [0, 0.1) is 0 Å². The number of nitrogens with zero attached hydrogens (tertiary/aromatic N) is 1. The summed E-state index contributed by atoms with van der Waals surface area (Å²) in [6.45, 7) is 0.708. The van der Waals surface area contributed by atoms with Crippen LogP contribution < -0.4 is 5.32 Å². The van der Waals surface area contributed by atoms with E-state index in [1.165, 1.54) is 4.90 Å². The molecule has 166 valence electrons. The van der Waals surface area contributed by atoms with E-state index in [2.05, 4.69) is 28.5 Å². The maximum absolute atomic E-state index is 13.0. The van der Waals surface area contributed by atoms with E-state index in [1.54, 1.807) is 0 Å². The highest BCUT2D eigenvalue weighted by atomic mass is 16.6. The molecule has 5 rings (SSSR count). The van der Waals surface area contributed by atoms with Crippen LogP contribution in [0.1, 0.15) is 18.4 Å². The third-order valence-electron chi connectivity index (χ3n) is 6.01. The van der Waals surface area contributed by atoms with Gasteiger partial charge in [0.25, 0.3) is 0 Å². The van der Waals surface area contributed by atoms with Crippen LogP contribution in [0.25, 0.3) is 22.0 Å². The monoisotopic (exact) mass is 439 g/mol. The molecule has 2 amide bonds. The number of fused-ring (bicyclic) bond motifs is 1. The Morgan fingerprint density at radius 3 is 2.70 bits per heavy atom. The first-order valence-electron chi connectivity index (χ1n) is 11.1. The van der Waals surface area contributed by atoms with Gasteiger partial charge in [-0.25, -0.2) is 4.79 Å². The van der Waals surface area contributed by atoms with Gasteiger partial charge in [0.1, 0.15) is 12.6 Å². The minimum atomic E-state index is -0.535. The highest BCUT2D eigenvalue weighted by molar-refractivity contribution is 5.97. The van der Waals surface area contributed by atoms with Crippen LogP contribution in [0.5, 0.6) is 0 Å². The molecule has 1 aliphatic heterocycles. The van der Waals surface area contributed by atoms with Crippen LogP contribution in [0.15, 0.2) is 85.1 Å². The van der Waals surface area contributed by atoms with Crippen molar-refractivity contribution in [3.05, 3.63) is 90.6 Å². The van der Waals surface area contributed by atoms with Crippen molar-refractivity contribution < 1.29 is 14.3 Å². The number of likely N-dealkylation sites (tertiary alicyclic amines) is 1. The van der Waals surface area contributed by atoms with Crippen molar-refractivity contribution in [3.63, 3.8) is 0 Å². The zero-order valence-corrected chi connectivity index (χ0v) is 18.2. The standard InChI is InChI=1S/C27H25N3O3/c31-26(25-10-5-15-30(25)27(32)33-18-19-6-2-1-3-7-19)29-23-9-4-8-21(16-23)22-12-11-20-13-14-28-24(20)17-22/h1-4,6-9,11-14,16-17,25,28H,5,10,15,18H2,(H,29,31)/t25-/m0/s1. The van der Waals surface area contributed by atoms with Gasteiger partial charge in [-0.15, -0.1) is 0 Å². The van der Waals surface area contributed by atoms with Crippen molar-refractivity contribution in [1.29, 1.82) is 0 Å². The van der Waals surface area contributed by atoms with Crippen molar-refractivity contribution >= 4 is 28.6 Å². The van der Waals surface area contributed by atoms with E-state index in [-0.39, 0.29) is 12.5 Å². The van der Waals surface area contributed by atoms with Gasteiger partial charge in [-0.2, -0.15) is 0 Å². The number of nitrogens with one attached hydrogen (secondary N) is 2. The van der Waals surface area contributed by atoms with Gasteiger partial charge in [-0.3, -0.25) is 9.69 Å². The Morgan fingerprint density at radius 2 is 1.82 bits per heavy atom. The van der Waals surface area contributed by atoms with E-state index in [4.69, 9.17) is 4.74 Å². The Balaban J connectivity index is 1.25. The predicted octanol–water partition coefficient (Wildman–Crippen LogP) is 5.57. The quantitative estimate of drug-likeness (QED) is 0.427. The second-order valence-corrected chi connectivity index (χ2v) is 8.24. The molecule has 0 aliphatic carbocycles. The number of benzene rings is 3. The number of aromatic nitrogens is 1. The third-order valence-corrected chi connectivity index (χ3v) is 6.01. The Kier molecular flexibility index (Phi) is 5.81. The molecule has 4 aromatic rings. The summed E-state index contributed by atoms with van der Waals surface area (Å²) < 4.78 is 5.45. The molecule has 3 aromatic carbocycles. The summed E-state index contributed by atoms with van der Waals surface area (Å²) in [5.41, 5.74) is 4.76. The molecule has 1 aromatic heterocycles. The van der Waals surface area contributed by atoms with Crippen molar-refractivity contribution in [1.82, 2.24) is 9.88 Å². The number of aromatic amines is 1. The highest BCUT2D eigenvalue weighted by Crippen LogP contribution is 2.27. The fourth-order valence-electron chi connectivity index (χ4n) is 4.29. The molecular weight excluding hydrogens is 414 g/mol. The van der Waals surface area contributed by atoms with Crippen LogP contribution >= 0.6 is 0 Å².